The molecule has 0 bridgehead atoms. The standard InChI is InChI=1S/C20H18N2O2/c1-13(14-8-10-16(24-3)11-9-14)19-21(2)20(23)18-12-15-6-4-5-7-17(15)22(18)19/h4-12,19H,1H2,2-3H3. The van der Waals surface area contributed by atoms with Gasteiger partial charge in [0, 0.05) is 12.4 Å². The van der Waals surface area contributed by atoms with Crippen LogP contribution >= 0.6 is 0 Å². The van der Waals surface area contributed by atoms with Crippen molar-refractivity contribution >= 4 is 22.4 Å². The number of hydrogen-bond donors (Lipinski definition) is 0. The van der Waals surface area contributed by atoms with Crippen molar-refractivity contribution in [2.75, 3.05) is 14.2 Å². The average molecular weight is 318 g/mol. The molecule has 1 atom stereocenters. The molecule has 120 valence electrons. The smallest absolute Gasteiger partial charge is 0.272 e. The molecule has 1 aliphatic heterocycles. The highest BCUT2D eigenvalue weighted by molar-refractivity contribution is 6.02. The van der Waals surface area contributed by atoms with Crippen molar-refractivity contribution < 1.29 is 9.53 Å². The van der Waals surface area contributed by atoms with E-state index < -0.39 is 0 Å². The van der Waals surface area contributed by atoms with E-state index in [1.165, 1.54) is 0 Å². The summed E-state index contributed by atoms with van der Waals surface area (Å²) in [5.74, 6) is 0.820. The molecule has 4 rings (SSSR count). The number of hydrogen-bond acceptors (Lipinski definition) is 2. The Hall–Kier alpha value is -3.01. The largest absolute Gasteiger partial charge is 0.497 e. The van der Waals surface area contributed by atoms with Gasteiger partial charge in [-0.25, -0.2) is 0 Å². The number of para-hydroxylation sites is 1. The molecule has 0 fully saturated rings. The highest BCUT2D eigenvalue weighted by Gasteiger charge is 2.37. The lowest BCUT2D eigenvalue weighted by Crippen LogP contribution is -2.25. The van der Waals surface area contributed by atoms with Gasteiger partial charge < -0.3 is 14.2 Å². The molecule has 0 N–H and O–H groups in total. The van der Waals surface area contributed by atoms with E-state index in [1.807, 2.05) is 61.6 Å². The van der Waals surface area contributed by atoms with Gasteiger partial charge in [0.05, 0.1) is 12.6 Å². The Morgan fingerprint density at radius 2 is 1.83 bits per heavy atom. The molecule has 0 spiro atoms. The molecule has 24 heavy (non-hydrogen) atoms. The van der Waals surface area contributed by atoms with E-state index in [0.717, 1.165) is 27.8 Å². The number of carbonyl (C=O) groups excluding carboxylic acids is 1. The van der Waals surface area contributed by atoms with E-state index in [-0.39, 0.29) is 12.1 Å². The fourth-order valence-corrected chi connectivity index (χ4v) is 3.41. The predicted molar refractivity (Wildman–Crippen MR) is 95.1 cm³/mol. The van der Waals surface area contributed by atoms with Crippen molar-refractivity contribution in [3.63, 3.8) is 0 Å². The molecule has 0 saturated carbocycles. The number of ether oxygens (including phenoxy) is 1. The van der Waals surface area contributed by atoms with Crippen LogP contribution in [0.5, 0.6) is 5.75 Å². The third-order valence-corrected chi connectivity index (χ3v) is 4.67. The number of aromatic nitrogens is 1. The quantitative estimate of drug-likeness (QED) is 0.733. The van der Waals surface area contributed by atoms with Gasteiger partial charge in [-0.3, -0.25) is 4.79 Å². The van der Waals surface area contributed by atoms with Gasteiger partial charge in [-0.2, -0.15) is 0 Å². The number of nitrogens with zero attached hydrogens (tertiary/aromatic N) is 2. The molecule has 2 aromatic carbocycles. The van der Waals surface area contributed by atoms with Crippen molar-refractivity contribution in [1.29, 1.82) is 0 Å². The molecular weight excluding hydrogens is 300 g/mol. The first-order valence-electron chi connectivity index (χ1n) is 7.82. The third kappa shape index (κ3) is 1.96. The van der Waals surface area contributed by atoms with Crippen molar-refractivity contribution in [2.45, 2.75) is 6.17 Å². The second-order valence-corrected chi connectivity index (χ2v) is 6.00. The average Bonchev–Trinajstić information content (AvgIpc) is 3.11. The SMILES string of the molecule is C=C(c1ccc(OC)cc1)C1N(C)C(=O)c2cc3ccccc3n21. The predicted octanol–water partition coefficient (Wildman–Crippen LogP) is 3.95. The zero-order valence-electron chi connectivity index (χ0n) is 13.7. The van der Waals surface area contributed by atoms with Crippen LogP contribution in [0.2, 0.25) is 0 Å². The summed E-state index contributed by atoms with van der Waals surface area (Å²) in [5, 5.41) is 1.07. The first-order valence-corrected chi connectivity index (χ1v) is 7.82. The molecule has 0 aliphatic carbocycles. The van der Waals surface area contributed by atoms with Crippen LogP contribution in [0.3, 0.4) is 0 Å². The maximum absolute atomic E-state index is 12.7. The number of benzene rings is 2. The molecule has 1 aliphatic rings. The van der Waals surface area contributed by atoms with Crippen LogP contribution < -0.4 is 4.74 Å². The normalized spacial score (nSPS) is 16.5. The van der Waals surface area contributed by atoms with Crippen molar-refractivity contribution in [3.8, 4) is 5.75 Å². The Kier molecular flexibility index (Phi) is 3.20. The Balaban J connectivity index is 1.83. The molecule has 4 heteroatoms. The Morgan fingerprint density at radius 1 is 1.12 bits per heavy atom. The monoisotopic (exact) mass is 318 g/mol. The number of methoxy groups -OCH3 is 1. The van der Waals surface area contributed by atoms with Crippen LogP contribution in [-0.2, 0) is 0 Å². The maximum atomic E-state index is 12.7. The van der Waals surface area contributed by atoms with Gasteiger partial charge in [0.1, 0.15) is 17.6 Å². The highest BCUT2D eigenvalue weighted by atomic mass is 16.5. The lowest BCUT2D eigenvalue weighted by atomic mass is 10.0. The number of likely N-dealkylation sites (N-methyl/N-ethyl adjacent to an activating group) is 1. The number of carbonyl (C=O) groups is 1. The van der Waals surface area contributed by atoms with Crippen LogP contribution in [-0.4, -0.2) is 29.5 Å². The Bertz CT molecular complexity index is 953. The molecule has 2 heterocycles. The van der Waals surface area contributed by atoms with Crippen LogP contribution in [0.4, 0.5) is 0 Å². The molecular formula is C20H18N2O2. The van der Waals surface area contributed by atoms with Crippen LogP contribution in [0, 0.1) is 0 Å². The van der Waals surface area contributed by atoms with Gasteiger partial charge >= 0.3 is 0 Å². The number of fused-ring (bicyclic) bond motifs is 3. The molecule has 1 amide bonds. The molecule has 1 aromatic heterocycles. The van der Waals surface area contributed by atoms with Gasteiger partial charge in [0.25, 0.3) is 5.91 Å². The third-order valence-electron chi connectivity index (χ3n) is 4.67. The van der Waals surface area contributed by atoms with E-state index >= 15 is 0 Å². The van der Waals surface area contributed by atoms with Gasteiger partial charge in [-0.05, 0) is 35.4 Å². The highest BCUT2D eigenvalue weighted by Crippen LogP contribution is 2.39. The van der Waals surface area contributed by atoms with E-state index in [0.29, 0.717) is 5.69 Å². The van der Waals surface area contributed by atoms with Crippen LogP contribution in [0.25, 0.3) is 16.5 Å². The van der Waals surface area contributed by atoms with E-state index in [9.17, 15) is 4.79 Å². The summed E-state index contributed by atoms with van der Waals surface area (Å²) in [6.07, 6.45) is -0.221. The summed E-state index contributed by atoms with van der Waals surface area (Å²) >= 11 is 0. The van der Waals surface area contributed by atoms with Crippen LogP contribution in [0.1, 0.15) is 22.2 Å². The summed E-state index contributed by atoms with van der Waals surface area (Å²) in [7, 11) is 3.47. The zero-order valence-corrected chi connectivity index (χ0v) is 13.7. The van der Waals surface area contributed by atoms with Gasteiger partial charge in [0.2, 0.25) is 0 Å². The summed E-state index contributed by atoms with van der Waals surface area (Å²) in [6, 6.07) is 17.8. The molecule has 0 saturated heterocycles. The lowest BCUT2D eigenvalue weighted by molar-refractivity contribution is 0.0792. The summed E-state index contributed by atoms with van der Waals surface area (Å²) in [4.78, 5) is 14.4. The zero-order chi connectivity index (χ0) is 16.8. The lowest BCUT2D eigenvalue weighted by Gasteiger charge is -2.25. The molecule has 0 radical (unpaired) electrons. The Morgan fingerprint density at radius 3 is 2.54 bits per heavy atom. The minimum Gasteiger partial charge on any atom is -0.497 e. The van der Waals surface area contributed by atoms with E-state index in [2.05, 4.69) is 11.1 Å². The van der Waals surface area contributed by atoms with Gasteiger partial charge in [-0.1, -0.05) is 36.9 Å². The van der Waals surface area contributed by atoms with Crippen molar-refractivity contribution in [2.24, 2.45) is 0 Å². The minimum atomic E-state index is -0.221. The van der Waals surface area contributed by atoms with Crippen LogP contribution in [0.15, 0.2) is 61.2 Å². The minimum absolute atomic E-state index is 0.0193. The summed E-state index contributed by atoms with van der Waals surface area (Å²) in [6.45, 7) is 4.28. The molecule has 4 nitrogen and oxygen atoms in total. The van der Waals surface area contributed by atoms with Gasteiger partial charge in [-0.15, -0.1) is 0 Å². The summed E-state index contributed by atoms with van der Waals surface area (Å²) < 4.78 is 7.29. The van der Waals surface area contributed by atoms with Gasteiger partial charge in [0.15, 0.2) is 0 Å². The first-order chi connectivity index (χ1) is 11.6. The molecule has 1 unspecified atom stereocenters. The number of amides is 1. The summed E-state index contributed by atoms with van der Waals surface area (Å²) in [5.41, 5.74) is 3.63. The Labute approximate surface area is 140 Å². The second-order valence-electron chi connectivity index (χ2n) is 6.00. The molecule has 3 aromatic rings. The first kappa shape index (κ1) is 14.6. The van der Waals surface area contributed by atoms with Crippen molar-refractivity contribution in [1.82, 2.24) is 9.47 Å². The van der Waals surface area contributed by atoms with E-state index in [1.54, 1.807) is 12.0 Å². The van der Waals surface area contributed by atoms with E-state index in [4.69, 9.17) is 4.74 Å². The second kappa shape index (κ2) is 5.27. The topological polar surface area (TPSA) is 34.5 Å². The maximum Gasteiger partial charge on any atom is 0.272 e. The van der Waals surface area contributed by atoms with Crippen molar-refractivity contribution in [3.05, 3.63) is 72.4 Å². The fraction of sp³-hybridized carbons (Fsp3) is 0.150. The number of rotatable bonds is 3. The fourth-order valence-electron chi connectivity index (χ4n) is 3.41.